The molecule has 0 spiro atoms. The van der Waals surface area contributed by atoms with Crippen LogP contribution in [0.4, 0.5) is 0 Å². The number of hydrogen-bond acceptors (Lipinski definition) is 3. The van der Waals surface area contributed by atoms with E-state index in [2.05, 4.69) is 15.9 Å². The minimum atomic E-state index is -0.878. The van der Waals surface area contributed by atoms with Gasteiger partial charge in [0.25, 0.3) is 0 Å². The first-order chi connectivity index (χ1) is 11.0. The van der Waals surface area contributed by atoms with Gasteiger partial charge in [0.05, 0.1) is 5.92 Å². The van der Waals surface area contributed by atoms with Crippen LogP contribution in [0, 0.1) is 0 Å². The normalized spacial score (nSPS) is 16.9. The summed E-state index contributed by atoms with van der Waals surface area (Å²) in [5.41, 5.74) is 1.75. The highest BCUT2D eigenvalue weighted by Gasteiger charge is 2.32. The molecule has 0 saturated heterocycles. The maximum atomic E-state index is 12.5. The zero-order valence-electron chi connectivity index (χ0n) is 12.4. The maximum Gasteiger partial charge on any atom is 0.312 e. The summed E-state index contributed by atoms with van der Waals surface area (Å²) in [6.45, 7) is 0.742. The van der Waals surface area contributed by atoms with E-state index in [-0.39, 0.29) is 12.5 Å². The van der Waals surface area contributed by atoms with Crippen molar-refractivity contribution < 1.29 is 14.7 Å². The van der Waals surface area contributed by atoms with Crippen molar-refractivity contribution in [2.24, 2.45) is 0 Å². The maximum absolute atomic E-state index is 12.5. The van der Waals surface area contributed by atoms with Crippen molar-refractivity contribution in [2.75, 3.05) is 6.54 Å². The number of nitrogens with zero attached hydrogens (tertiary/aromatic N) is 1. The van der Waals surface area contributed by atoms with Crippen molar-refractivity contribution in [1.82, 2.24) is 4.90 Å². The highest BCUT2D eigenvalue weighted by molar-refractivity contribution is 9.10. The van der Waals surface area contributed by atoms with E-state index in [1.807, 2.05) is 35.7 Å². The van der Waals surface area contributed by atoms with Crippen molar-refractivity contribution in [1.29, 1.82) is 0 Å². The average molecular weight is 394 g/mol. The quantitative estimate of drug-likeness (QED) is 0.861. The predicted molar refractivity (Wildman–Crippen MR) is 92.6 cm³/mol. The first-order valence-electron chi connectivity index (χ1n) is 7.36. The molecule has 1 atom stereocenters. The molecular formula is C17H16BrNO3S. The minimum absolute atomic E-state index is 0.00951. The van der Waals surface area contributed by atoms with E-state index in [0.29, 0.717) is 19.4 Å². The van der Waals surface area contributed by atoms with Crippen molar-refractivity contribution in [3.8, 4) is 0 Å². The van der Waals surface area contributed by atoms with Crippen LogP contribution in [-0.2, 0) is 22.6 Å². The lowest BCUT2D eigenvalue weighted by Gasteiger charge is -2.32. The Morgan fingerprint density at radius 1 is 1.35 bits per heavy atom. The molecule has 0 bridgehead atoms. The lowest BCUT2D eigenvalue weighted by Crippen LogP contribution is -2.40. The van der Waals surface area contributed by atoms with Gasteiger partial charge >= 0.3 is 5.97 Å². The molecule has 0 aliphatic carbocycles. The molecule has 23 heavy (non-hydrogen) atoms. The summed E-state index contributed by atoms with van der Waals surface area (Å²) < 4.78 is 1.03. The number of amides is 1. The molecule has 1 aliphatic heterocycles. The summed E-state index contributed by atoms with van der Waals surface area (Å²) >= 11 is 5.03. The summed E-state index contributed by atoms with van der Waals surface area (Å²) in [7, 11) is 0. The van der Waals surface area contributed by atoms with Gasteiger partial charge < -0.3 is 10.0 Å². The molecule has 6 heteroatoms. The van der Waals surface area contributed by atoms with Gasteiger partial charge in [-0.05, 0) is 39.5 Å². The second-order valence-corrected chi connectivity index (χ2v) is 7.51. The number of thiophene rings is 1. The number of aliphatic carboxylic acids is 1. The molecule has 120 valence electrons. The Morgan fingerprint density at radius 3 is 2.83 bits per heavy atom. The van der Waals surface area contributed by atoms with E-state index in [1.54, 1.807) is 16.2 Å². The molecule has 3 rings (SSSR count). The van der Waals surface area contributed by atoms with Gasteiger partial charge in [-0.1, -0.05) is 24.3 Å². The first-order valence-corrected chi connectivity index (χ1v) is 9.03. The molecule has 0 saturated carbocycles. The Balaban J connectivity index is 1.71. The van der Waals surface area contributed by atoms with Crippen LogP contribution in [0.1, 0.15) is 28.3 Å². The number of rotatable bonds is 4. The van der Waals surface area contributed by atoms with Crippen molar-refractivity contribution in [3.63, 3.8) is 0 Å². The number of carbonyl (C=O) groups is 2. The van der Waals surface area contributed by atoms with Crippen LogP contribution < -0.4 is 0 Å². The highest BCUT2D eigenvalue weighted by atomic mass is 79.9. The first kappa shape index (κ1) is 16.2. The van der Waals surface area contributed by atoms with Crippen LogP contribution in [0.5, 0.6) is 0 Å². The Hall–Kier alpha value is -1.66. The minimum Gasteiger partial charge on any atom is -0.481 e. The molecule has 1 amide bonds. The largest absolute Gasteiger partial charge is 0.481 e. The van der Waals surface area contributed by atoms with Gasteiger partial charge in [-0.3, -0.25) is 9.59 Å². The van der Waals surface area contributed by atoms with E-state index >= 15 is 0 Å². The van der Waals surface area contributed by atoms with Crippen LogP contribution in [0.2, 0.25) is 0 Å². The van der Waals surface area contributed by atoms with Crippen molar-refractivity contribution in [2.45, 2.75) is 25.3 Å². The van der Waals surface area contributed by atoms with Gasteiger partial charge in [-0.25, -0.2) is 0 Å². The fraction of sp³-hybridized carbons (Fsp3) is 0.294. The summed E-state index contributed by atoms with van der Waals surface area (Å²) in [5, 5.41) is 11.5. The van der Waals surface area contributed by atoms with Gasteiger partial charge in [0.1, 0.15) is 0 Å². The molecule has 1 aromatic carbocycles. The third-order valence-electron chi connectivity index (χ3n) is 4.05. The second kappa shape index (κ2) is 6.84. The molecule has 1 unspecified atom stereocenters. The molecule has 0 fully saturated rings. The van der Waals surface area contributed by atoms with Gasteiger partial charge in [0, 0.05) is 34.2 Å². The monoisotopic (exact) mass is 393 g/mol. The average Bonchev–Trinajstić information content (AvgIpc) is 2.96. The topological polar surface area (TPSA) is 57.6 Å². The van der Waals surface area contributed by atoms with E-state index < -0.39 is 11.9 Å². The number of carbonyl (C=O) groups excluding carboxylic acids is 1. The van der Waals surface area contributed by atoms with Crippen LogP contribution in [0.3, 0.4) is 0 Å². The Labute approximate surface area is 146 Å². The summed E-state index contributed by atoms with van der Waals surface area (Å²) in [5.74, 6) is -1.51. The molecule has 0 radical (unpaired) electrons. The van der Waals surface area contributed by atoms with Crippen LogP contribution in [0.15, 0.2) is 40.2 Å². The number of carboxylic acids is 1. The number of benzene rings is 1. The number of halogens is 1. The van der Waals surface area contributed by atoms with E-state index in [0.717, 1.165) is 20.5 Å². The van der Waals surface area contributed by atoms with Crippen molar-refractivity contribution in [3.05, 3.63) is 56.2 Å². The molecule has 1 aliphatic rings. The molecule has 2 aromatic rings. The Kier molecular flexibility index (Phi) is 4.82. The SMILES string of the molecule is O=C(O)C1CN(C(=O)CCc2cc(Br)cs2)Cc2ccccc21. The van der Waals surface area contributed by atoms with Gasteiger partial charge in [0.2, 0.25) is 5.91 Å². The van der Waals surface area contributed by atoms with Gasteiger partial charge in [0.15, 0.2) is 0 Å². The molecule has 4 nitrogen and oxygen atoms in total. The molecule has 2 heterocycles. The fourth-order valence-electron chi connectivity index (χ4n) is 2.88. The molecular weight excluding hydrogens is 378 g/mol. The van der Waals surface area contributed by atoms with E-state index in [4.69, 9.17) is 0 Å². The van der Waals surface area contributed by atoms with E-state index in [9.17, 15) is 14.7 Å². The van der Waals surface area contributed by atoms with Crippen LogP contribution in [-0.4, -0.2) is 28.4 Å². The fourth-order valence-corrected chi connectivity index (χ4v) is 4.34. The van der Waals surface area contributed by atoms with Gasteiger partial charge in [-0.2, -0.15) is 0 Å². The Bertz CT molecular complexity index is 743. The third-order valence-corrected chi connectivity index (χ3v) is 5.81. The van der Waals surface area contributed by atoms with Crippen LogP contribution >= 0.6 is 27.3 Å². The molecule has 1 aromatic heterocycles. The number of aryl methyl sites for hydroxylation is 1. The second-order valence-electron chi connectivity index (χ2n) is 5.60. The lowest BCUT2D eigenvalue weighted by atomic mass is 9.89. The van der Waals surface area contributed by atoms with Gasteiger partial charge in [-0.15, -0.1) is 11.3 Å². The summed E-state index contributed by atoms with van der Waals surface area (Å²) in [6, 6.07) is 9.50. The number of carboxylic acid groups (broad SMARTS) is 1. The predicted octanol–water partition coefficient (Wildman–Crippen LogP) is 3.65. The standard InChI is InChI=1S/C17H16BrNO3S/c18-12-7-13(23-10-12)5-6-16(20)19-8-11-3-1-2-4-14(11)15(9-19)17(21)22/h1-4,7,10,15H,5-6,8-9H2,(H,21,22). The third kappa shape index (κ3) is 3.64. The number of fused-ring (bicyclic) bond motifs is 1. The summed E-state index contributed by atoms with van der Waals surface area (Å²) in [6.07, 6.45) is 1.09. The number of hydrogen-bond donors (Lipinski definition) is 1. The molecule has 1 N–H and O–H groups in total. The lowest BCUT2D eigenvalue weighted by molar-refractivity contribution is -0.141. The highest BCUT2D eigenvalue weighted by Crippen LogP contribution is 2.29. The Morgan fingerprint density at radius 2 is 2.13 bits per heavy atom. The van der Waals surface area contributed by atoms with Crippen LogP contribution in [0.25, 0.3) is 0 Å². The van der Waals surface area contributed by atoms with Crippen molar-refractivity contribution >= 4 is 39.1 Å². The zero-order valence-corrected chi connectivity index (χ0v) is 14.8. The van der Waals surface area contributed by atoms with E-state index in [1.165, 1.54) is 0 Å². The smallest absolute Gasteiger partial charge is 0.312 e. The summed E-state index contributed by atoms with van der Waals surface area (Å²) in [4.78, 5) is 26.8. The zero-order chi connectivity index (χ0) is 16.4.